The van der Waals surface area contributed by atoms with Crippen molar-refractivity contribution in [3.05, 3.63) is 35.4 Å². The second kappa shape index (κ2) is 5.94. The van der Waals surface area contributed by atoms with Crippen molar-refractivity contribution >= 4 is 5.91 Å². The Labute approximate surface area is 121 Å². The smallest absolute Gasteiger partial charge is 0.234 e. The molecule has 1 aliphatic heterocycles. The number of nitrogens with one attached hydrogen (secondary N) is 1. The van der Waals surface area contributed by atoms with Crippen molar-refractivity contribution in [2.75, 3.05) is 19.6 Å². The van der Waals surface area contributed by atoms with Gasteiger partial charge in [0.15, 0.2) is 0 Å². The van der Waals surface area contributed by atoms with Gasteiger partial charge in [-0.05, 0) is 38.3 Å². The van der Waals surface area contributed by atoms with E-state index in [9.17, 15) is 4.79 Å². The highest BCUT2D eigenvalue weighted by atomic mass is 16.2. The summed E-state index contributed by atoms with van der Waals surface area (Å²) in [6.07, 6.45) is 0.982. The fourth-order valence-corrected chi connectivity index (χ4v) is 2.81. The average Bonchev–Trinajstić information content (AvgIpc) is 2.36. The van der Waals surface area contributed by atoms with Crippen LogP contribution in [0.4, 0.5) is 0 Å². The molecule has 4 heteroatoms. The topological polar surface area (TPSA) is 58.4 Å². The zero-order valence-electron chi connectivity index (χ0n) is 12.6. The molecule has 4 nitrogen and oxygen atoms in total. The first kappa shape index (κ1) is 15.0. The second-order valence-electron chi connectivity index (χ2n) is 6.47. The van der Waals surface area contributed by atoms with E-state index in [1.807, 2.05) is 26.8 Å². The van der Waals surface area contributed by atoms with Crippen LogP contribution < -0.4 is 11.1 Å². The lowest BCUT2D eigenvalue weighted by atomic mass is 9.92. The molecule has 0 aliphatic carbocycles. The van der Waals surface area contributed by atoms with Crippen molar-refractivity contribution in [1.82, 2.24) is 10.2 Å². The maximum atomic E-state index is 12.1. The van der Waals surface area contributed by atoms with E-state index < -0.39 is 0 Å². The minimum absolute atomic E-state index is 0.0651. The van der Waals surface area contributed by atoms with E-state index in [1.165, 1.54) is 11.1 Å². The Balaban J connectivity index is 2.08. The third-order valence-electron chi connectivity index (χ3n) is 3.61. The lowest BCUT2D eigenvalue weighted by Crippen LogP contribution is -2.49. The van der Waals surface area contributed by atoms with Crippen molar-refractivity contribution in [3.63, 3.8) is 0 Å². The first-order valence-electron chi connectivity index (χ1n) is 7.23. The van der Waals surface area contributed by atoms with Gasteiger partial charge in [-0.15, -0.1) is 0 Å². The molecule has 110 valence electrons. The lowest BCUT2D eigenvalue weighted by Gasteiger charge is -2.36. The van der Waals surface area contributed by atoms with Crippen LogP contribution in [-0.2, 0) is 11.2 Å². The summed E-state index contributed by atoms with van der Waals surface area (Å²) in [7, 11) is 0. The quantitative estimate of drug-likeness (QED) is 0.878. The Bertz CT molecular complexity index is 479. The molecule has 1 unspecified atom stereocenters. The summed E-state index contributed by atoms with van der Waals surface area (Å²) < 4.78 is 0. The largest absolute Gasteiger partial charge is 0.350 e. The maximum Gasteiger partial charge on any atom is 0.234 e. The third kappa shape index (κ3) is 3.58. The van der Waals surface area contributed by atoms with Gasteiger partial charge in [0.25, 0.3) is 0 Å². The van der Waals surface area contributed by atoms with E-state index in [0.29, 0.717) is 13.1 Å². The van der Waals surface area contributed by atoms with Gasteiger partial charge in [0.05, 0.1) is 6.54 Å². The fourth-order valence-electron chi connectivity index (χ4n) is 2.81. The van der Waals surface area contributed by atoms with E-state index in [1.54, 1.807) is 0 Å². The Kier molecular flexibility index (Phi) is 4.45. The van der Waals surface area contributed by atoms with Gasteiger partial charge in [-0.2, -0.15) is 0 Å². The first-order chi connectivity index (χ1) is 9.40. The zero-order chi connectivity index (χ0) is 14.8. The molecule has 0 spiro atoms. The molecule has 1 aliphatic rings. The van der Waals surface area contributed by atoms with Gasteiger partial charge >= 0.3 is 0 Å². The molecule has 0 saturated heterocycles. The zero-order valence-corrected chi connectivity index (χ0v) is 12.6. The molecule has 1 atom stereocenters. The second-order valence-corrected chi connectivity index (χ2v) is 6.47. The predicted octanol–water partition coefficient (Wildman–Crippen LogP) is 1.46. The third-order valence-corrected chi connectivity index (χ3v) is 3.61. The van der Waals surface area contributed by atoms with E-state index in [4.69, 9.17) is 5.73 Å². The molecule has 1 heterocycles. The molecule has 0 saturated carbocycles. The number of amides is 1. The molecule has 0 aromatic heterocycles. The van der Waals surface area contributed by atoms with Crippen molar-refractivity contribution < 1.29 is 4.79 Å². The number of fused-ring (bicyclic) bond motifs is 1. The summed E-state index contributed by atoms with van der Waals surface area (Å²) in [6, 6.07) is 8.53. The van der Waals surface area contributed by atoms with E-state index >= 15 is 0 Å². The van der Waals surface area contributed by atoms with Crippen molar-refractivity contribution in [2.24, 2.45) is 5.73 Å². The van der Waals surface area contributed by atoms with Gasteiger partial charge in [-0.3, -0.25) is 9.69 Å². The number of benzene rings is 1. The number of carbonyl (C=O) groups excluding carboxylic acids is 1. The number of nitrogens with zero attached hydrogens (tertiary/aromatic N) is 1. The number of hydrogen-bond acceptors (Lipinski definition) is 3. The molecular formula is C16H25N3O. The van der Waals surface area contributed by atoms with Gasteiger partial charge in [0.2, 0.25) is 5.91 Å². The molecule has 2 rings (SSSR count). The molecule has 0 radical (unpaired) electrons. The molecule has 3 N–H and O–H groups in total. The van der Waals surface area contributed by atoms with Gasteiger partial charge in [-0.1, -0.05) is 24.3 Å². The highest BCUT2D eigenvalue weighted by molar-refractivity contribution is 5.78. The average molecular weight is 275 g/mol. The minimum atomic E-state index is -0.191. The highest BCUT2D eigenvalue weighted by Gasteiger charge is 2.28. The standard InChI is InChI=1S/C16H25N3O/c1-16(2,3)18-15(20)11-19-9-8-12-6-4-5-7-13(12)14(19)10-17/h4-7,14H,8-11,17H2,1-3H3,(H,18,20). The number of nitrogens with two attached hydrogens (primary N) is 1. The van der Waals surface area contributed by atoms with Gasteiger partial charge < -0.3 is 11.1 Å². The molecule has 1 aromatic rings. The molecule has 1 aromatic carbocycles. The van der Waals surface area contributed by atoms with Crippen molar-refractivity contribution in [1.29, 1.82) is 0 Å². The van der Waals surface area contributed by atoms with Gasteiger partial charge in [0.1, 0.15) is 0 Å². The summed E-state index contributed by atoms with van der Waals surface area (Å²) in [5.41, 5.74) is 8.37. The van der Waals surface area contributed by atoms with Crippen LogP contribution >= 0.6 is 0 Å². The Morgan fingerprint density at radius 1 is 1.40 bits per heavy atom. The van der Waals surface area contributed by atoms with E-state index in [2.05, 4.69) is 28.4 Å². The summed E-state index contributed by atoms with van der Waals surface area (Å²) >= 11 is 0. The van der Waals surface area contributed by atoms with Crippen molar-refractivity contribution in [2.45, 2.75) is 38.8 Å². The minimum Gasteiger partial charge on any atom is -0.350 e. The summed E-state index contributed by atoms with van der Waals surface area (Å²) in [5.74, 6) is 0.0651. The van der Waals surface area contributed by atoms with Crippen molar-refractivity contribution in [3.8, 4) is 0 Å². The maximum absolute atomic E-state index is 12.1. The Morgan fingerprint density at radius 3 is 2.75 bits per heavy atom. The predicted molar refractivity (Wildman–Crippen MR) is 81.4 cm³/mol. The van der Waals surface area contributed by atoms with Crippen LogP contribution in [-0.4, -0.2) is 36.0 Å². The van der Waals surface area contributed by atoms with Crippen LogP contribution in [0.3, 0.4) is 0 Å². The summed E-state index contributed by atoms with van der Waals surface area (Å²) in [5, 5.41) is 3.01. The monoisotopic (exact) mass is 275 g/mol. The first-order valence-corrected chi connectivity index (χ1v) is 7.23. The summed E-state index contributed by atoms with van der Waals surface area (Å²) in [6.45, 7) is 7.83. The Morgan fingerprint density at radius 2 is 2.10 bits per heavy atom. The van der Waals surface area contributed by atoms with Crippen LogP contribution in [0, 0.1) is 0 Å². The number of rotatable bonds is 3. The summed E-state index contributed by atoms with van der Waals surface area (Å²) in [4.78, 5) is 14.3. The van der Waals surface area contributed by atoms with Gasteiger partial charge in [0, 0.05) is 24.7 Å². The fraction of sp³-hybridized carbons (Fsp3) is 0.562. The van der Waals surface area contributed by atoms with Crippen LogP contribution in [0.5, 0.6) is 0 Å². The SMILES string of the molecule is CC(C)(C)NC(=O)CN1CCc2ccccc2C1CN. The normalized spacial score (nSPS) is 19.5. The number of carbonyl (C=O) groups is 1. The number of hydrogen-bond donors (Lipinski definition) is 2. The van der Waals surface area contributed by atoms with Crippen LogP contribution in [0.15, 0.2) is 24.3 Å². The van der Waals surface area contributed by atoms with E-state index in [0.717, 1.165) is 13.0 Å². The van der Waals surface area contributed by atoms with Crippen LogP contribution in [0.1, 0.15) is 37.9 Å². The highest BCUT2D eigenvalue weighted by Crippen LogP contribution is 2.28. The van der Waals surface area contributed by atoms with E-state index in [-0.39, 0.29) is 17.5 Å². The van der Waals surface area contributed by atoms with Crippen LogP contribution in [0.25, 0.3) is 0 Å². The Hall–Kier alpha value is -1.39. The van der Waals surface area contributed by atoms with Gasteiger partial charge in [-0.25, -0.2) is 0 Å². The molecule has 0 bridgehead atoms. The molecule has 1 amide bonds. The van der Waals surface area contributed by atoms with Crippen LogP contribution in [0.2, 0.25) is 0 Å². The molecule has 0 fully saturated rings. The lowest BCUT2D eigenvalue weighted by molar-refractivity contribution is -0.124. The molecular weight excluding hydrogens is 250 g/mol. The molecule has 20 heavy (non-hydrogen) atoms.